The third kappa shape index (κ3) is 3.19. The summed E-state index contributed by atoms with van der Waals surface area (Å²) in [5.41, 5.74) is 5.71. The molecule has 2 rings (SSSR count). The maximum absolute atomic E-state index is 11.5. The summed E-state index contributed by atoms with van der Waals surface area (Å²) in [4.78, 5) is 11.5. The van der Waals surface area contributed by atoms with E-state index in [1.165, 1.54) is 6.42 Å². The van der Waals surface area contributed by atoms with Crippen molar-refractivity contribution in [3.05, 3.63) is 0 Å². The van der Waals surface area contributed by atoms with Crippen molar-refractivity contribution in [3.8, 4) is 0 Å². The van der Waals surface area contributed by atoms with Crippen LogP contribution in [0.2, 0.25) is 0 Å². The summed E-state index contributed by atoms with van der Waals surface area (Å²) in [6.45, 7) is 1.19. The number of esters is 1. The van der Waals surface area contributed by atoms with Crippen LogP contribution in [0.15, 0.2) is 0 Å². The van der Waals surface area contributed by atoms with Crippen LogP contribution >= 0.6 is 0 Å². The molecule has 0 aromatic rings. The molecule has 16 heavy (non-hydrogen) atoms. The molecule has 0 aromatic carbocycles. The second-order valence-electron chi connectivity index (χ2n) is 5.06. The lowest BCUT2D eigenvalue weighted by Crippen LogP contribution is -2.48. The van der Waals surface area contributed by atoms with Crippen molar-refractivity contribution in [3.63, 3.8) is 0 Å². The molecule has 0 spiro atoms. The van der Waals surface area contributed by atoms with Crippen LogP contribution in [-0.4, -0.2) is 30.8 Å². The molecule has 1 saturated heterocycles. The normalized spacial score (nSPS) is 28.2. The van der Waals surface area contributed by atoms with E-state index < -0.39 is 0 Å². The number of carbonyl (C=O) groups is 1. The number of hydrogen-bond acceptors (Lipinski definition) is 4. The number of ether oxygens (including phenoxy) is 2. The van der Waals surface area contributed by atoms with Gasteiger partial charge in [0.1, 0.15) is 6.61 Å². The van der Waals surface area contributed by atoms with Gasteiger partial charge in [0.15, 0.2) is 0 Å². The standard InChI is InChI=1S/C12H21NO3/c13-12(5-3-6-12)8-11(14)16-9-10-4-1-2-7-15-10/h10H,1-9,13H2. The quantitative estimate of drug-likeness (QED) is 0.737. The van der Waals surface area contributed by atoms with Gasteiger partial charge in [-0.2, -0.15) is 0 Å². The highest BCUT2D eigenvalue weighted by Crippen LogP contribution is 2.32. The first-order valence-corrected chi connectivity index (χ1v) is 6.24. The molecule has 4 nitrogen and oxygen atoms in total. The summed E-state index contributed by atoms with van der Waals surface area (Å²) in [6, 6.07) is 0. The molecule has 1 aliphatic heterocycles. The van der Waals surface area contributed by atoms with Crippen LogP contribution in [0, 0.1) is 0 Å². The van der Waals surface area contributed by atoms with Crippen LogP contribution in [-0.2, 0) is 14.3 Å². The summed E-state index contributed by atoms with van der Waals surface area (Å²) in [5, 5.41) is 0. The predicted molar refractivity (Wildman–Crippen MR) is 59.9 cm³/mol. The van der Waals surface area contributed by atoms with Crippen LogP contribution in [0.4, 0.5) is 0 Å². The van der Waals surface area contributed by atoms with Crippen molar-refractivity contribution >= 4 is 5.97 Å². The Balaban J connectivity index is 1.63. The molecule has 2 fully saturated rings. The average Bonchev–Trinajstić information content (AvgIpc) is 2.26. The Labute approximate surface area is 96.5 Å². The SMILES string of the molecule is NC1(CC(=O)OCC2CCCCO2)CCC1. The zero-order valence-electron chi connectivity index (χ0n) is 9.74. The second kappa shape index (κ2) is 5.15. The summed E-state index contributed by atoms with van der Waals surface area (Å²) in [6.07, 6.45) is 6.78. The zero-order chi connectivity index (χ0) is 11.4. The van der Waals surface area contributed by atoms with Gasteiger partial charge in [-0.1, -0.05) is 0 Å². The Morgan fingerprint density at radius 3 is 2.75 bits per heavy atom. The van der Waals surface area contributed by atoms with E-state index >= 15 is 0 Å². The van der Waals surface area contributed by atoms with Gasteiger partial charge in [-0.3, -0.25) is 4.79 Å². The number of nitrogens with two attached hydrogens (primary N) is 1. The largest absolute Gasteiger partial charge is 0.463 e. The van der Waals surface area contributed by atoms with Crippen LogP contribution in [0.3, 0.4) is 0 Å². The highest BCUT2D eigenvalue weighted by molar-refractivity contribution is 5.71. The molecule has 0 aromatic heterocycles. The highest BCUT2D eigenvalue weighted by atomic mass is 16.6. The summed E-state index contributed by atoms with van der Waals surface area (Å²) in [5.74, 6) is -0.170. The highest BCUT2D eigenvalue weighted by Gasteiger charge is 2.35. The lowest BCUT2D eigenvalue weighted by atomic mass is 9.75. The monoisotopic (exact) mass is 227 g/mol. The molecular weight excluding hydrogens is 206 g/mol. The fraction of sp³-hybridized carbons (Fsp3) is 0.917. The van der Waals surface area contributed by atoms with E-state index in [1.807, 2.05) is 0 Å². The molecule has 1 heterocycles. The maximum atomic E-state index is 11.5. The van der Waals surface area contributed by atoms with E-state index in [2.05, 4.69) is 0 Å². The molecule has 1 atom stereocenters. The topological polar surface area (TPSA) is 61.6 Å². The molecule has 2 N–H and O–H groups in total. The predicted octanol–water partition coefficient (Wildman–Crippen LogP) is 1.37. The van der Waals surface area contributed by atoms with Gasteiger partial charge in [-0.25, -0.2) is 0 Å². The Morgan fingerprint density at radius 2 is 2.19 bits per heavy atom. The van der Waals surface area contributed by atoms with Gasteiger partial charge in [0, 0.05) is 12.1 Å². The third-order valence-electron chi connectivity index (χ3n) is 3.55. The first-order chi connectivity index (χ1) is 7.68. The van der Waals surface area contributed by atoms with Crippen LogP contribution in [0.25, 0.3) is 0 Å². The van der Waals surface area contributed by atoms with Crippen molar-refractivity contribution in [1.82, 2.24) is 0 Å². The van der Waals surface area contributed by atoms with Gasteiger partial charge in [-0.05, 0) is 38.5 Å². The Kier molecular flexibility index (Phi) is 3.82. The molecule has 0 bridgehead atoms. The van der Waals surface area contributed by atoms with Gasteiger partial charge in [0.2, 0.25) is 0 Å². The van der Waals surface area contributed by atoms with E-state index in [4.69, 9.17) is 15.2 Å². The van der Waals surface area contributed by atoms with Gasteiger partial charge in [0.25, 0.3) is 0 Å². The van der Waals surface area contributed by atoms with Crippen molar-refractivity contribution < 1.29 is 14.3 Å². The molecule has 1 saturated carbocycles. The smallest absolute Gasteiger partial charge is 0.307 e. The Bertz CT molecular complexity index is 245. The van der Waals surface area contributed by atoms with Crippen molar-refractivity contribution in [2.45, 2.75) is 56.6 Å². The minimum absolute atomic E-state index is 0.104. The number of carbonyl (C=O) groups excluding carboxylic acids is 1. The van der Waals surface area contributed by atoms with Crippen molar-refractivity contribution in [2.24, 2.45) is 5.73 Å². The minimum atomic E-state index is -0.273. The molecule has 1 aliphatic carbocycles. The first-order valence-electron chi connectivity index (χ1n) is 6.24. The average molecular weight is 227 g/mol. The first kappa shape index (κ1) is 11.9. The molecular formula is C12H21NO3. The van der Waals surface area contributed by atoms with Crippen molar-refractivity contribution in [2.75, 3.05) is 13.2 Å². The fourth-order valence-electron chi connectivity index (χ4n) is 2.27. The Hall–Kier alpha value is -0.610. The van der Waals surface area contributed by atoms with E-state index in [0.717, 1.165) is 38.7 Å². The van der Waals surface area contributed by atoms with Gasteiger partial charge in [0.05, 0.1) is 12.5 Å². The molecule has 0 radical (unpaired) electrons. The fourth-order valence-corrected chi connectivity index (χ4v) is 2.27. The van der Waals surface area contributed by atoms with E-state index in [1.54, 1.807) is 0 Å². The molecule has 2 aliphatic rings. The molecule has 92 valence electrons. The third-order valence-corrected chi connectivity index (χ3v) is 3.55. The van der Waals surface area contributed by atoms with Crippen LogP contribution < -0.4 is 5.73 Å². The zero-order valence-corrected chi connectivity index (χ0v) is 9.74. The molecule has 0 amide bonds. The van der Waals surface area contributed by atoms with E-state index in [0.29, 0.717) is 13.0 Å². The summed E-state index contributed by atoms with van der Waals surface area (Å²) < 4.78 is 10.7. The van der Waals surface area contributed by atoms with Gasteiger partial charge < -0.3 is 15.2 Å². The van der Waals surface area contributed by atoms with E-state index in [9.17, 15) is 4.79 Å². The number of hydrogen-bond donors (Lipinski definition) is 1. The number of rotatable bonds is 4. The lowest BCUT2D eigenvalue weighted by molar-refractivity contribution is -0.151. The summed E-state index contributed by atoms with van der Waals surface area (Å²) in [7, 11) is 0. The molecule has 1 unspecified atom stereocenters. The summed E-state index contributed by atoms with van der Waals surface area (Å²) >= 11 is 0. The van der Waals surface area contributed by atoms with Crippen molar-refractivity contribution in [1.29, 1.82) is 0 Å². The van der Waals surface area contributed by atoms with Crippen LogP contribution in [0.1, 0.15) is 44.9 Å². The Morgan fingerprint density at radius 1 is 1.38 bits per heavy atom. The van der Waals surface area contributed by atoms with Gasteiger partial charge in [-0.15, -0.1) is 0 Å². The molecule has 4 heteroatoms. The maximum Gasteiger partial charge on any atom is 0.307 e. The van der Waals surface area contributed by atoms with Gasteiger partial charge >= 0.3 is 5.97 Å². The van der Waals surface area contributed by atoms with E-state index in [-0.39, 0.29) is 17.6 Å². The lowest BCUT2D eigenvalue weighted by Gasteiger charge is -2.37. The van der Waals surface area contributed by atoms with Crippen LogP contribution in [0.5, 0.6) is 0 Å². The minimum Gasteiger partial charge on any atom is -0.463 e. The second-order valence-corrected chi connectivity index (χ2v) is 5.06.